The van der Waals surface area contributed by atoms with Gasteiger partial charge >= 0.3 is 0 Å². The van der Waals surface area contributed by atoms with Gasteiger partial charge in [0.15, 0.2) is 11.5 Å². The fraction of sp³-hybridized carbons (Fsp3) is 0.308. The molecule has 0 radical (unpaired) electrons. The van der Waals surface area contributed by atoms with Crippen molar-refractivity contribution in [2.45, 2.75) is 19.4 Å². The maximum absolute atomic E-state index is 9.17. The molecule has 0 aromatic carbocycles. The quantitative estimate of drug-likeness (QED) is 0.733. The van der Waals surface area contributed by atoms with E-state index in [1.807, 2.05) is 31.2 Å². The third-order valence-corrected chi connectivity index (χ3v) is 3.05. The largest absolute Gasteiger partial charge is 0.467 e. The van der Waals surface area contributed by atoms with Crippen LogP contribution in [-0.4, -0.2) is 31.5 Å². The van der Waals surface area contributed by atoms with Gasteiger partial charge in [-0.15, -0.1) is 15.3 Å². The molecule has 1 atom stereocenters. The van der Waals surface area contributed by atoms with Gasteiger partial charge in [0.2, 0.25) is 0 Å². The Hall–Kier alpha value is -2.41. The smallest absolute Gasteiger partial charge is 0.178 e. The van der Waals surface area contributed by atoms with Crippen LogP contribution in [0, 0.1) is 6.92 Å². The lowest BCUT2D eigenvalue weighted by Gasteiger charge is -2.16. The summed E-state index contributed by atoms with van der Waals surface area (Å²) in [7, 11) is 0. The summed E-state index contributed by atoms with van der Waals surface area (Å²) in [6.45, 7) is 1.90. The summed E-state index contributed by atoms with van der Waals surface area (Å²) < 4.78 is 7.05. The summed E-state index contributed by atoms with van der Waals surface area (Å²) >= 11 is 0. The van der Waals surface area contributed by atoms with Crippen molar-refractivity contribution in [3.05, 3.63) is 42.1 Å². The zero-order chi connectivity index (χ0) is 13.9. The lowest BCUT2D eigenvalue weighted by atomic mass is 10.1. The molecule has 0 aliphatic heterocycles. The predicted molar refractivity (Wildman–Crippen MR) is 72.3 cm³/mol. The van der Waals surface area contributed by atoms with Gasteiger partial charge in [0, 0.05) is 6.61 Å². The zero-order valence-electron chi connectivity index (χ0n) is 11.0. The van der Waals surface area contributed by atoms with E-state index >= 15 is 0 Å². The Balaban J connectivity index is 1.88. The summed E-state index contributed by atoms with van der Waals surface area (Å²) in [5, 5.41) is 24.8. The summed E-state index contributed by atoms with van der Waals surface area (Å²) in [5.41, 5.74) is 0.699. The van der Waals surface area contributed by atoms with Crippen molar-refractivity contribution in [1.29, 1.82) is 0 Å². The minimum Gasteiger partial charge on any atom is -0.467 e. The van der Waals surface area contributed by atoms with E-state index in [1.54, 1.807) is 10.8 Å². The molecule has 3 rings (SSSR count). The van der Waals surface area contributed by atoms with Crippen molar-refractivity contribution in [2.24, 2.45) is 0 Å². The summed E-state index contributed by atoms with van der Waals surface area (Å²) in [6.07, 6.45) is 2.15. The number of hydrogen-bond acceptors (Lipinski definition) is 6. The monoisotopic (exact) mass is 273 g/mol. The molecule has 0 aliphatic carbocycles. The highest BCUT2D eigenvalue weighted by molar-refractivity contribution is 5.44. The number of hydrogen-bond donors (Lipinski definition) is 2. The van der Waals surface area contributed by atoms with Gasteiger partial charge in [-0.25, -0.2) is 0 Å². The van der Waals surface area contributed by atoms with Crippen molar-refractivity contribution in [1.82, 2.24) is 19.8 Å². The second kappa shape index (κ2) is 5.30. The van der Waals surface area contributed by atoms with Crippen LogP contribution in [0.2, 0.25) is 0 Å². The number of anilines is 1. The molecule has 0 bridgehead atoms. The SMILES string of the molecule is Cc1nnc2ccc(NC(CCO)c3ccco3)nn12. The summed E-state index contributed by atoms with van der Waals surface area (Å²) in [6, 6.07) is 7.24. The van der Waals surface area contributed by atoms with Gasteiger partial charge in [0.1, 0.15) is 11.6 Å². The number of rotatable bonds is 5. The van der Waals surface area contributed by atoms with E-state index in [4.69, 9.17) is 9.52 Å². The van der Waals surface area contributed by atoms with Gasteiger partial charge in [-0.05, 0) is 37.6 Å². The Labute approximate surface area is 115 Å². The second-order valence-electron chi connectivity index (χ2n) is 4.46. The van der Waals surface area contributed by atoms with Crippen LogP contribution in [0.25, 0.3) is 5.65 Å². The molecule has 3 aromatic rings. The minimum absolute atomic E-state index is 0.0618. The first-order chi connectivity index (χ1) is 9.78. The van der Waals surface area contributed by atoms with E-state index in [-0.39, 0.29) is 12.6 Å². The number of aromatic nitrogens is 4. The molecule has 20 heavy (non-hydrogen) atoms. The van der Waals surface area contributed by atoms with Crippen molar-refractivity contribution in [3.8, 4) is 0 Å². The van der Waals surface area contributed by atoms with Crippen LogP contribution in [0.5, 0.6) is 0 Å². The van der Waals surface area contributed by atoms with E-state index in [9.17, 15) is 0 Å². The fourth-order valence-electron chi connectivity index (χ4n) is 2.06. The standard InChI is InChI=1S/C13H15N5O2/c1-9-15-16-13-5-4-12(17-18(9)13)14-10(6-7-19)11-3-2-8-20-11/h2-5,8,10,19H,6-7H2,1H3,(H,14,17). The van der Waals surface area contributed by atoms with E-state index < -0.39 is 0 Å². The van der Waals surface area contributed by atoms with Crippen molar-refractivity contribution >= 4 is 11.5 Å². The molecule has 1 unspecified atom stereocenters. The third-order valence-electron chi connectivity index (χ3n) is 3.05. The Morgan fingerprint density at radius 3 is 3.00 bits per heavy atom. The average molecular weight is 273 g/mol. The van der Waals surface area contributed by atoms with E-state index in [1.165, 1.54) is 0 Å². The van der Waals surface area contributed by atoms with Gasteiger partial charge in [-0.1, -0.05) is 0 Å². The molecule has 2 N–H and O–H groups in total. The Morgan fingerprint density at radius 2 is 2.25 bits per heavy atom. The number of furan rings is 1. The molecule has 3 heterocycles. The summed E-state index contributed by atoms with van der Waals surface area (Å²) in [5.74, 6) is 2.16. The zero-order valence-corrected chi connectivity index (χ0v) is 11.0. The van der Waals surface area contributed by atoms with Crippen molar-refractivity contribution < 1.29 is 9.52 Å². The van der Waals surface area contributed by atoms with E-state index in [2.05, 4.69) is 20.6 Å². The van der Waals surface area contributed by atoms with Crippen LogP contribution < -0.4 is 5.32 Å². The molecule has 0 amide bonds. The van der Waals surface area contributed by atoms with Crippen molar-refractivity contribution in [3.63, 3.8) is 0 Å². The first kappa shape index (κ1) is 12.6. The number of aliphatic hydroxyl groups excluding tert-OH is 1. The molecule has 7 nitrogen and oxygen atoms in total. The average Bonchev–Trinajstić information content (AvgIpc) is 3.09. The molecule has 3 aromatic heterocycles. The van der Waals surface area contributed by atoms with Gasteiger partial charge in [0.05, 0.1) is 12.3 Å². The maximum Gasteiger partial charge on any atom is 0.178 e. The van der Waals surface area contributed by atoms with Crippen LogP contribution >= 0.6 is 0 Å². The molecule has 0 fully saturated rings. The predicted octanol–water partition coefficient (Wildman–Crippen LogP) is 1.56. The Morgan fingerprint density at radius 1 is 1.35 bits per heavy atom. The number of nitrogens with one attached hydrogen (secondary N) is 1. The first-order valence-electron chi connectivity index (χ1n) is 6.38. The van der Waals surface area contributed by atoms with Crippen LogP contribution in [0.3, 0.4) is 0 Å². The first-order valence-corrected chi connectivity index (χ1v) is 6.38. The van der Waals surface area contributed by atoms with Gasteiger partial charge < -0.3 is 14.8 Å². The highest BCUT2D eigenvalue weighted by atomic mass is 16.3. The highest BCUT2D eigenvalue weighted by Gasteiger charge is 2.15. The fourth-order valence-corrected chi connectivity index (χ4v) is 2.06. The number of fused-ring (bicyclic) bond motifs is 1. The van der Waals surface area contributed by atoms with Crippen LogP contribution in [0.1, 0.15) is 24.0 Å². The number of aryl methyl sites for hydroxylation is 1. The lowest BCUT2D eigenvalue weighted by Crippen LogP contribution is -2.13. The van der Waals surface area contributed by atoms with Gasteiger partial charge in [-0.3, -0.25) is 0 Å². The van der Waals surface area contributed by atoms with Crippen molar-refractivity contribution in [2.75, 3.05) is 11.9 Å². The second-order valence-corrected chi connectivity index (χ2v) is 4.46. The van der Waals surface area contributed by atoms with Gasteiger partial charge in [0.25, 0.3) is 0 Å². The van der Waals surface area contributed by atoms with E-state index in [0.717, 1.165) is 11.6 Å². The van der Waals surface area contributed by atoms with E-state index in [0.29, 0.717) is 17.9 Å². The van der Waals surface area contributed by atoms with Crippen LogP contribution in [0.15, 0.2) is 34.9 Å². The van der Waals surface area contributed by atoms with Gasteiger partial charge in [-0.2, -0.15) is 4.52 Å². The molecule has 7 heteroatoms. The van der Waals surface area contributed by atoms with Crippen LogP contribution in [0.4, 0.5) is 5.82 Å². The summed E-state index contributed by atoms with van der Waals surface area (Å²) in [4.78, 5) is 0. The molecule has 0 aliphatic rings. The molecule has 0 spiro atoms. The lowest BCUT2D eigenvalue weighted by molar-refractivity contribution is 0.273. The minimum atomic E-state index is -0.128. The topological polar surface area (TPSA) is 88.5 Å². The third kappa shape index (κ3) is 2.35. The molecular formula is C13H15N5O2. The molecule has 0 saturated heterocycles. The Bertz CT molecular complexity index is 692. The number of aliphatic hydroxyl groups is 1. The Kier molecular flexibility index (Phi) is 3.34. The number of nitrogens with zero attached hydrogens (tertiary/aromatic N) is 4. The molecular weight excluding hydrogens is 258 g/mol. The molecule has 104 valence electrons. The van der Waals surface area contributed by atoms with Crippen LogP contribution in [-0.2, 0) is 0 Å². The normalized spacial score (nSPS) is 12.7. The maximum atomic E-state index is 9.17. The highest BCUT2D eigenvalue weighted by Crippen LogP contribution is 2.22. The molecule has 0 saturated carbocycles.